The van der Waals surface area contributed by atoms with Gasteiger partial charge in [-0.3, -0.25) is 0 Å². The maximum atomic E-state index is 10.9. The van der Waals surface area contributed by atoms with E-state index in [4.69, 9.17) is 11.6 Å². The van der Waals surface area contributed by atoms with Gasteiger partial charge in [0, 0.05) is 21.1 Å². The van der Waals surface area contributed by atoms with Crippen LogP contribution >= 0.6 is 27.5 Å². The molecule has 78 valence electrons. The Morgan fingerprint density at radius 2 is 2.20 bits per heavy atom. The van der Waals surface area contributed by atoms with E-state index in [0.717, 1.165) is 4.47 Å². The van der Waals surface area contributed by atoms with Gasteiger partial charge in [-0.15, -0.1) is 0 Å². The molecule has 0 bridgehead atoms. The number of hydrogen-bond donors (Lipinski definition) is 1. The summed E-state index contributed by atoms with van der Waals surface area (Å²) in [5.41, 5.74) is 1.07. The van der Waals surface area contributed by atoms with E-state index in [0.29, 0.717) is 16.2 Å². The van der Waals surface area contributed by atoms with Gasteiger partial charge in [-0.05, 0) is 23.8 Å². The second-order valence-electron chi connectivity index (χ2n) is 3.01. The van der Waals surface area contributed by atoms with E-state index < -0.39 is 12.3 Å². The van der Waals surface area contributed by atoms with Gasteiger partial charge in [0.1, 0.15) is 0 Å². The van der Waals surface area contributed by atoms with E-state index in [2.05, 4.69) is 20.7 Å². The van der Waals surface area contributed by atoms with Crippen molar-refractivity contribution >= 4 is 39.1 Å². The molecule has 0 radical (unpaired) electrons. The summed E-state index contributed by atoms with van der Waals surface area (Å²) in [6.07, 6.45) is 0.0356. The van der Waals surface area contributed by atoms with Crippen molar-refractivity contribution in [1.29, 1.82) is 0 Å². The minimum absolute atomic E-state index is 0.411. The van der Waals surface area contributed by atoms with Gasteiger partial charge in [-0.1, -0.05) is 27.5 Å². The zero-order chi connectivity index (χ0) is 11.0. The predicted octanol–water partition coefficient (Wildman–Crippen LogP) is 2.36. The zero-order valence-electron chi connectivity index (χ0n) is 7.41. The highest BCUT2D eigenvalue weighted by molar-refractivity contribution is 9.10. The highest BCUT2D eigenvalue weighted by atomic mass is 79.9. The molecule has 0 amide bonds. The van der Waals surface area contributed by atoms with Crippen LogP contribution in [0.3, 0.4) is 0 Å². The number of aliphatic hydroxyl groups is 1. The first-order chi connectivity index (χ1) is 7.08. The summed E-state index contributed by atoms with van der Waals surface area (Å²) in [6.45, 7) is 0. The smallest absolute Gasteiger partial charge is 0.333 e. The Balaban J connectivity index is 2.50. The standard InChI is InChI=1S/C10H6BrClO3/c11-8-2-1-5(12)3-6(8)7-4-9(13)15-10(7)14/h1-4,10,14H. The van der Waals surface area contributed by atoms with Gasteiger partial charge in [0.25, 0.3) is 0 Å². The largest absolute Gasteiger partial charge is 0.428 e. The zero-order valence-corrected chi connectivity index (χ0v) is 9.75. The number of halogens is 2. The molecule has 5 heteroatoms. The second-order valence-corrected chi connectivity index (χ2v) is 4.30. The third-order valence-electron chi connectivity index (χ3n) is 2.01. The van der Waals surface area contributed by atoms with E-state index in [1.807, 2.05) is 0 Å². The summed E-state index contributed by atoms with van der Waals surface area (Å²) < 4.78 is 5.33. The Morgan fingerprint density at radius 1 is 1.47 bits per heavy atom. The molecule has 1 aromatic rings. The Morgan fingerprint density at radius 3 is 2.80 bits per heavy atom. The fourth-order valence-corrected chi connectivity index (χ4v) is 1.98. The molecule has 0 saturated heterocycles. The van der Waals surface area contributed by atoms with Crippen LogP contribution in [0.5, 0.6) is 0 Å². The van der Waals surface area contributed by atoms with Crippen LogP contribution in [-0.4, -0.2) is 17.4 Å². The molecule has 1 unspecified atom stereocenters. The average Bonchev–Trinajstić information content (AvgIpc) is 2.50. The summed E-state index contributed by atoms with van der Waals surface area (Å²) in [5, 5.41) is 9.98. The van der Waals surface area contributed by atoms with Crippen LogP contribution in [0.4, 0.5) is 0 Å². The Labute approximate surface area is 99.4 Å². The highest BCUT2D eigenvalue weighted by Gasteiger charge is 2.26. The molecule has 0 fully saturated rings. The van der Waals surface area contributed by atoms with Crippen molar-refractivity contribution < 1.29 is 14.6 Å². The fraction of sp³-hybridized carbons (Fsp3) is 0.100. The lowest BCUT2D eigenvalue weighted by Gasteiger charge is -2.09. The third-order valence-corrected chi connectivity index (χ3v) is 2.93. The minimum atomic E-state index is -1.22. The van der Waals surface area contributed by atoms with Crippen LogP contribution in [0, 0.1) is 0 Å². The molecule has 0 aliphatic carbocycles. The molecule has 0 aromatic heterocycles. The number of ether oxygens (including phenoxy) is 1. The molecular formula is C10H6BrClO3. The molecule has 0 spiro atoms. The molecule has 0 saturated carbocycles. The SMILES string of the molecule is O=C1C=C(c2cc(Cl)ccc2Br)C(O)O1. The quantitative estimate of drug-likeness (QED) is 0.807. The van der Waals surface area contributed by atoms with Gasteiger partial charge >= 0.3 is 5.97 Å². The summed E-state index contributed by atoms with van der Waals surface area (Å²) >= 11 is 9.13. The Kier molecular flexibility index (Phi) is 2.82. The third kappa shape index (κ3) is 2.07. The van der Waals surface area contributed by atoms with Gasteiger partial charge in [0.05, 0.1) is 0 Å². The molecule has 1 heterocycles. The van der Waals surface area contributed by atoms with Crippen LogP contribution in [0.25, 0.3) is 5.57 Å². The number of aliphatic hydroxyl groups excluding tert-OH is 1. The molecule has 1 atom stereocenters. The number of hydrogen-bond acceptors (Lipinski definition) is 3. The van der Waals surface area contributed by atoms with Gasteiger partial charge in [0.15, 0.2) is 0 Å². The maximum absolute atomic E-state index is 10.9. The predicted molar refractivity (Wildman–Crippen MR) is 59.2 cm³/mol. The van der Waals surface area contributed by atoms with E-state index in [1.54, 1.807) is 18.2 Å². The van der Waals surface area contributed by atoms with Crippen LogP contribution in [-0.2, 0) is 9.53 Å². The number of carbonyl (C=O) groups is 1. The number of cyclic esters (lactones) is 1. The lowest BCUT2D eigenvalue weighted by atomic mass is 10.1. The second kappa shape index (κ2) is 3.96. The van der Waals surface area contributed by atoms with Crippen LogP contribution in [0.15, 0.2) is 28.7 Å². The molecular weight excluding hydrogens is 283 g/mol. The van der Waals surface area contributed by atoms with E-state index >= 15 is 0 Å². The van der Waals surface area contributed by atoms with Crippen molar-refractivity contribution in [3.05, 3.63) is 39.3 Å². The Bertz CT molecular complexity index is 456. The highest BCUT2D eigenvalue weighted by Crippen LogP contribution is 2.32. The van der Waals surface area contributed by atoms with Crippen molar-refractivity contribution in [2.45, 2.75) is 6.29 Å². The van der Waals surface area contributed by atoms with Crippen molar-refractivity contribution in [2.24, 2.45) is 0 Å². The number of rotatable bonds is 1. The molecule has 1 aliphatic heterocycles. The normalized spacial score (nSPS) is 20.1. The van der Waals surface area contributed by atoms with Gasteiger partial charge in [0.2, 0.25) is 6.29 Å². The molecule has 1 aliphatic rings. The van der Waals surface area contributed by atoms with Crippen LogP contribution < -0.4 is 0 Å². The van der Waals surface area contributed by atoms with E-state index in [-0.39, 0.29) is 0 Å². The first-order valence-electron chi connectivity index (χ1n) is 4.13. The first kappa shape index (κ1) is 10.7. The number of benzene rings is 1. The summed E-state index contributed by atoms with van der Waals surface area (Å²) in [5.74, 6) is -0.552. The maximum Gasteiger partial charge on any atom is 0.333 e. The molecule has 1 aromatic carbocycles. The molecule has 3 nitrogen and oxygen atoms in total. The van der Waals surface area contributed by atoms with Gasteiger partial charge in [-0.2, -0.15) is 0 Å². The first-order valence-corrected chi connectivity index (χ1v) is 5.31. The van der Waals surface area contributed by atoms with Crippen molar-refractivity contribution in [1.82, 2.24) is 0 Å². The topological polar surface area (TPSA) is 46.5 Å². The van der Waals surface area contributed by atoms with Crippen molar-refractivity contribution in [3.8, 4) is 0 Å². The van der Waals surface area contributed by atoms with E-state index in [1.165, 1.54) is 6.08 Å². The van der Waals surface area contributed by atoms with Crippen molar-refractivity contribution in [3.63, 3.8) is 0 Å². The lowest BCUT2D eigenvalue weighted by molar-refractivity contribution is -0.149. The summed E-state index contributed by atoms with van der Waals surface area (Å²) in [6, 6.07) is 5.11. The molecule has 15 heavy (non-hydrogen) atoms. The number of esters is 1. The fourth-order valence-electron chi connectivity index (χ4n) is 1.34. The lowest BCUT2D eigenvalue weighted by Crippen LogP contribution is -2.09. The van der Waals surface area contributed by atoms with Crippen LogP contribution in [0.1, 0.15) is 5.56 Å². The average molecular weight is 290 g/mol. The van der Waals surface area contributed by atoms with Gasteiger partial charge < -0.3 is 9.84 Å². The van der Waals surface area contributed by atoms with Crippen molar-refractivity contribution in [2.75, 3.05) is 0 Å². The monoisotopic (exact) mass is 288 g/mol. The van der Waals surface area contributed by atoms with Gasteiger partial charge in [-0.25, -0.2) is 4.79 Å². The minimum Gasteiger partial charge on any atom is -0.428 e. The van der Waals surface area contributed by atoms with Crippen LogP contribution in [0.2, 0.25) is 5.02 Å². The molecule has 2 rings (SSSR count). The summed E-state index contributed by atoms with van der Waals surface area (Å²) in [7, 11) is 0. The Hall–Kier alpha value is -0.840. The summed E-state index contributed by atoms with van der Waals surface area (Å²) in [4.78, 5) is 10.9. The number of carbonyl (C=O) groups excluding carboxylic acids is 1. The van der Waals surface area contributed by atoms with E-state index in [9.17, 15) is 9.90 Å². The molecule has 1 N–H and O–H groups in total.